The van der Waals surface area contributed by atoms with E-state index >= 15 is 0 Å². The highest BCUT2D eigenvalue weighted by molar-refractivity contribution is 7.09. The molecule has 20 heavy (non-hydrogen) atoms. The van der Waals surface area contributed by atoms with Crippen molar-refractivity contribution in [1.82, 2.24) is 15.5 Å². The molecule has 1 aromatic heterocycles. The molecule has 5 heteroatoms. The maximum Gasteiger partial charge on any atom is 0.234 e. The third-order valence-electron chi connectivity index (χ3n) is 3.81. The molecule has 0 saturated carbocycles. The molecule has 2 rings (SSSR count). The first-order valence-electron chi connectivity index (χ1n) is 7.53. The van der Waals surface area contributed by atoms with E-state index in [0.717, 1.165) is 32.6 Å². The number of hydrogen-bond donors (Lipinski definition) is 2. The maximum atomic E-state index is 12.0. The summed E-state index contributed by atoms with van der Waals surface area (Å²) in [5.41, 5.74) is 0. The Hall–Kier alpha value is -0.910. The molecule has 2 heterocycles. The summed E-state index contributed by atoms with van der Waals surface area (Å²) in [5, 5.41) is 8.52. The van der Waals surface area contributed by atoms with E-state index in [1.165, 1.54) is 17.7 Å². The highest BCUT2D eigenvalue weighted by Crippen LogP contribution is 2.10. The second-order valence-electron chi connectivity index (χ2n) is 5.24. The van der Waals surface area contributed by atoms with Crippen LogP contribution in [0.1, 0.15) is 24.6 Å². The van der Waals surface area contributed by atoms with E-state index < -0.39 is 0 Å². The molecule has 1 fully saturated rings. The zero-order valence-electron chi connectivity index (χ0n) is 12.2. The van der Waals surface area contributed by atoms with Crippen molar-refractivity contribution < 1.29 is 4.79 Å². The van der Waals surface area contributed by atoms with Gasteiger partial charge in [-0.1, -0.05) is 13.0 Å². The topological polar surface area (TPSA) is 44.4 Å². The highest BCUT2D eigenvalue weighted by Gasteiger charge is 2.21. The fourth-order valence-electron chi connectivity index (χ4n) is 2.66. The number of carbonyl (C=O) groups excluding carboxylic acids is 1. The molecular formula is C15H25N3OS. The van der Waals surface area contributed by atoms with Gasteiger partial charge in [-0.3, -0.25) is 9.69 Å². The summed E-state index contributed by atoms with van der Waals surface area (Å²) in [6.07, 6.45) is 3.34. The van der Waals surface area contributed by atoms with Gasteiger partial charge in [-0.15, -0.1) is 11.3 Å². The number of hydrogen-bond acceptors (Lipinski definition) is 4. The van der Waals surface area contributed by atoms with E-state index in [1.54, 1.807) is 11.3 Å². The normalized spacial score (nSPS) is 19.2. The van der Waals surface area contributed by atoms with Crippen LogP contribution in [0, 0.1) is 0 Å². The first-order valence-corrected chi connectivity index (χ1v) is 8.41. The monoisotopic (exact) mass is 295 g/mol. The van der Waals surface area contributed by atoms with Gasteiger partial charge >= 0.3 is 0 Å². The molecule has 0 aromatic carbocycles. The predicted octanol–water partition coefficient (Wildman–Crippen LogP) is 1.48. The molecule has 0 aliphatic carbocycles. The van der Waals surface area contributed by atoms with Gasteiger partial charge in [0.1, 0.15) is 0 Å². The van der Waals surface area contributed by atoms with E-state index in [1.807, 2.05) is 0 Å². The van der Waals surface area contributed by atoms with Gasteiger partial charge < -0.3 is 10.6 Å². The van der Waals surface area contributed by atoms with Gasteiger partial charge in [-0.05, 0) is 43.8 Å². The molecule has 1 aromatic rings. The Morgan fingerprint density at radius 3 is 3.15 bits per heavy atom. The Labute approximate surface area is 125 Å². The van der Waals surface area contributed by atoms with Gasteiger partial charge in [0, 0.05) is 24.0 Å². The number of nitrogens with one attached hydrogen (secondary N) is 2. The second-order valence-corrected chi connectivity index (χ2v) is 6.27. The van der Waals surface area contributed by atoms with Crippen LogP contribution in [0.5, 0.6) is 0 Å². The van der Waals surface area contributed by atoms with Crippen LogP contribution in [0.3, 0.4) is 0 Å². The fourth-order valence-corrected chi connectivity index (χ4v) is 3.37. The van der Waals surface area contributed by atoms with Gasteiger partial charge in [0.2, 0.25) is 5.91 Å². The van der Waals surface area contributed by atoms with Gasteiger partial charge in [0.15, 0.2) is 0 Å². The third kappa shape index (κ3) is 4.89. The van der Waals surface area contributed by atoms with E-state index in [2.05, 4.69) is 40.0 Å². The molecule has 1 atom stereocenters. The van der Waals surface area contributed by atoms with Crippen molar-refractivity contribution in [3.05, 3.63) is 22.4 Å². The van der Waals surface area contributed by atoms with E-state index in [0.29, 0.717) is 12.6 Å². The van der Waals surface area contributed by atoms with Crippen molar-refractivity contribution in [1.29, 1.82) is 0 Å². The molecule has 1 unspecified atom stereocenters. The molecule has 2 N–H and O–H groups in total. The second kappa shape index (κ2) is 8.39. The summed E-state index contributed by atoms with van der Waals surface area (Å²) < 4.78 is 0. The standard InChI is InChI=1S/C15H25N3OS/c1-2-18(13-5-3-8-16-11-13)12-15(19)17-9-7-14-6-4-10-20-14/h4,6,10,13,16H,2-3,5,7-9,11-12H2,1H3,(H,17,19). The summed E-state index contributed by atoms with van der Waals surface area (Å²) in [6, 6.07) is 4.68. The van der Waals surface area contributed by atoms with Crippen molar-refractivity contribution in [2.24, 2.45) is 0 Å². The van der Waals surface area contributed by atoms with Crippen LogP contribution < -0.4 is 10.6 Å². The zero-order chi connectivity index (χ0) is 14.2. The van der Waals surface area contributed by atoms with Gasteiger partial charge in [0.05, 0.1) is 6.54 Å². The van der Waals surface area contributed by atoms with Gasteiger partial charge in [0.25, 0.3) is 0 Å². The van der Waals surface area contributed by atoms with Crippen molar-refractivity contribution in [2.45, 2.75) is 32.2 Å². The van der Waals surface area contributed by atoms with E-state index in [9.17, 15) is 4.79 Å². The minimum absolute atomic E-state index is 0.147. The van der Waals surface area contributed by atoms with Crippen LogP contribution in [0.2, 0.25) is 0 Å². The predicted molar refractivity (Wildman–Crippen MR) is 84.2 cm³/mol. The molecular weight excluding hydrogens is 270 g/mol. The molecule has 0 spiro atoms. The molecule has 1 aliphatic heterocycles. The Balaban J connectivity index is 1.68. The molecule has 1 saturated heterocycles. The fraction of sp³-hybridized carbons (Fsp3) is 0.667. The Morgan fingerprint density at radius 1 is 1.60 bits per heavy atom. The Kier molecular flexibility index (Phi) is 6.50. The minimum Gasteiger partial charge on any atom is -0.355 e. The first-order chi connectivity index (χ1) is 9.79. The van der Waals surface area contributed by atoms with Crippen molar-refractivity contribution in [3.8, 4) is 0 Å². The quantitative estimate of drug-likeness (QED) is 0.801. The number of nitrogens with zero attached hydrogens (tertiary/aromatic N) is 1. The summed E-state index contributed by atoms with van der Waals surface area (Å²) >= 11 is 1.75. The lowest BCUT2D eigenvalue weighted by Crippen LogP contribution is -2.49. The number of likely N-dealkylation sites (N-methyl/N-ethyl adjacent to an activating group) is 1. The van der Waals surface area contributed by atoms with Gasteiger partial charge in [-0.25, -0.2) is 0 Å². The SMILES string of the molecule is CCN(CC(=O)NCCc1cccs1)C1CCCNC1. The lowest BCUT2D eigenvalue weighted by atomic mass is 10.1. The van der Waals surface area contributed by atoms with Gasteiger partial charge in [-0.2, -0.15) is 0 Å². The molecule has 0 radical (unpaired) electrons. The number of amides is 1. The van der Waals surface area contributed by atoms with Crippen molar-refractivity contribution in [2.75, 3.05) is 32.7 Å². The summed E-state index contributed by atoms with van der Waals surface area (Å²) in [6.45, 7) is 6.45. The number of piperidine rings is 1. The highest BCUT2D eigenvalue weighted by atomic mass is 32.1. The van der Waals surface area contributed by atoms with Crippen LogP contribution in [-0.4, -0.2) is 49.6 Å². The maximum absolute atomic E-state index is 12.0. The van der Waals surface area contributed by atoms with Crippen LogP contribution in [0.25, 0.3) is 0 Å². The number of thiophene rings is 1. The lowest BCUT2D eigenvalue weighted by molar-refractivity contribution is -0.122. The lowest BCUT2D eigenvalue weighted by Gasteiger charge is -2.33. The van der Waals surface area contributed by atoms with E-state index in [4.69, 9.17) is 0 Å². The average Bonchev–Trinajstić information content (AvgIpc) is 2.99. The van der Waals surface area contributed by atoms with E-state index in [-0.39, 0.29) is 5.91 Å². The Morgan fingerprint density at radius 2 is 2.50 bits per heavy atom. The minimum atomic E-state index is 0.147. The first kappa shape index (κ1) is 15.5. The van der Waals surface area contributed by atoms with Crippen molar-refractivity contribution in [3.63, 3.8) is 0 Å². The molecule has 4 nitrogen and oxygen atoms in total. The molecule has 112 valence electrons. The zero-order valence-corrected chi connectivity index (χ0v) is 13.0. The van der Waals surface area contributed by atoms with Crippen LogP contribution in [-0.2, 0) is 11.2 Å². The summed E-state index contributed by atoms with van der Waals surface area (Å²) in [7, 11) is 0. The number of rotatable bonds is 7. The molecule has 0 bridgehead atoms. The average molecular weight is 295 g/mol. The summed E-state index contributed by atoms with van der Waals surface area (Å²) in [4.78, 5) is 15.6. The Bertz CT molecular complexity index is 388. The third-order valence-corrected chi connectivity index (χ3v) is 4.75. The van der Waals surface area contributed by atoms with Crippen molar-refractivity contribution >= 4 is 17.2 Å². The summed E-state index contributed by atoms with van der Waals surface area (Å²) in [5.74, 6) is 0.147. The van der Waals surface area contributed by atoms with Crippen LogP contribution >= 0.6 is 11.3 Å². The largest absolute Gasteiger partial charge is 0.355 e. The number of carbonyl (C=O) groups is 1. The smallest absolute Gasteiger partial charge is 0.234 e. The van der Waals surface area contributed by atoms with Crippen LogP contribution in [0.15, 0.2) is 17.5 Å². The van der Waals surface area contributed by atoms with Crippen LogP contribution in [0.4, 0.5) is 0 Å². The molecule has 1 amide bonds. The molecule has 1 aliphatic rings.